The van der Waals surface area contributed by atoms with Crippen LogP contribution in [0, 0.1) is 5.92 Å². The summed E-state index contributed by atoms with van der Waals surface area (Å²) in [7, 11) is -3.54. The number of hydrogen-bond acceptors (Lipinski definition) is 4. The molecular weight excluding hydrogens is 340 g/mol. The van der Waals surface area contributed by atoms with Gasteiger partial charge in [-0.1, -0.05) is 44.2 Å². The van der Waals surface area contributed by atoms with Crippen molar-refractivity contribution in [1.82, 2.24) is 9.62 Å². The molecule has 0 aliphatic carbocycles. The van der Waals surface area contributed by atoms with Crippen molar-refractivity contribution >= 4 is 15.9 Å². The van der Waals surface area contributed by atoms with Crippen molar-refractivity contribution in [2.75, 3.05) is 32.1 Å². The molecular formula is C18H28N2O4S. The van der Waals surface area contributed by atoms with Crippen LogP contribution in [0.1, 0.15) is 25.8 Å². The number of nitrogens with one attached hydrogen (secondary N) is 1. The number of benzene rings is 1. The number of morpholine rings is 1. The predicted octanol–water partition coefficient (Wildman–Crippen LogP) is 1.42. The maximum absolute atomic E-state index is 12.7. The van der Waals surface area contributed by atoms with Crippen LogP contribution in [0.2, 0.25) is 0 Å². The zero-order valence-corrected chi connectivity index (χ0v) is 15.8. The number of nitrogens with zero attached hydrogens (tertiary/aromatic N) is 1. The SMILES string of the molecule is CC(C)C[C@@H](NS(=O)(=O)CCc1ccccc1)C(=O)N1CCOCC1. The van der Waals surface area contributed by atoms with Gasteiger partial charge < -0.3 is 9.64 Å². The van der Waals surface area contributed by atoms with Crippen LogP contribution in [0.25, 0.3) is 0 Å². The van der Waals surface area contributed by atoms with E-state index in [1.165, 1.54) is 0 Å². The summed E-state index contributed by atoms with van der Waals surface area (Å²) in [4.78, 5) is 14.4. The minimum Gasteiger partial charge on any atom is -0.378 e. The average Bonchev–Trinajstić information content (AvgIpc) is 2.60. The molecule has 1 aromatic rings. The summed E-state index contributed by atoms with van der Waals surface area (Å²) in [6.45, 7) is 6.00. The van der Waals surface area contributed by atoms with Gasteiger partial charge in [-0.05, 0) is 24.3 Å². The molecule has 140 valence electrons. The lowest BCUT2D eigenvalue weighted by molar-refractivity contribution is -0.137. The van der Waals surface area contributed by atoms with Gasteiger partial charge in [0, 0.05) is 13.1 Å². The van der Waals surface area contributed by atoms with Crippen LogP contribution in [0.5, 0.6) is 0 Å². The molecule has 1 N–H and O–H groups in total. The Hall–Kier alpha value is -1.44. The molecule has 6 nitrogen and oxygen atoms in total. The fourth-order valence-electron chi connectivity index (χ4n) is 2.85. The largest absolute Gasteiger partial charge is 0.378 e. The van der Waals surface area contributed by atoms with Gasteiger partial charge in [0.2, 0.25) is 15.9 Å². The first-order valence-corrected chi connectivity index (χ1v) is 10.4. The zero-order valence-electron chi connectivity index (χ0n) is 15.0. The van der Waals surface area contributed by atoms with E-state index in [1.807, 2.05) is 44.2 Å². The van der Waals surface area contributed by atoms with Crippen molar-refractivity contribution in [2.24, 2.45) is 5.92 Å². The highest BCUT2D eigenvalue weighted by atomic mass is 32.2. The van der Waals surface area contributed by atoms with Crippen LogP contribution < -0.4 is 4.72 Å². The van der Waals surface area contributed by atoms with E-state index < -0.39 is 16.1 Å². The second-order valence-electron chi connectivity index (χ2n) is 6.79. The van der Waals surface area contributed by atoms with Crippen molar-refractivity contribution in [3.63, 3.8) is 0 Å². The Bertz CT molecular complexity index is 640. The molecule has 1 aliphatic rings. The Balaban J connectivity index is 2.00. The normalized spacial score (nSPS) is 16.8. The molecule has 25 heavy (non-hydrogen) atoms. The number of hydrogen-bond donors (Lipinski definition) is 1. The van der Waals surface area contributed by atoms with Gasteiger partial charge in [-0.2, -0.15) is 0 Å². The fourth-order valence-corrected chi connectivity index (χ4v) is 4.10. The van der Waals surface area contributed by atoms with Crippen molar-refractivity contribution in [2.45, 2.75) is 32.7 Å². The third-order valence-corrected chi connectivity index (χ3v) is 5.54. The first kappa shape index (κ1) is 19.9. The third-order valence-electron chi connectivity index (χ3n) is 4.15. The van der Waals surface area contributed by atoms with Crippen LogP contribution in [-0.4, -0.2) is 57.3 Å². The van der Waals surface area contributed by atoms with Gasteiger partial charge in [-0.3, -0.25) is 4.79 Å². The minimum absolute atomic E-state index is 0.0258. The summed E-state index contributed by atoms with van der Waals surface area (Å²) in [5, 5.41) is 0. The lowest BCUT2D eigenvalue weighted by Gasteiger charge is -2.31. The molecule has 1 atom stereocenters. The molecule has 0 bridgehead atoms. The summed E-state index contributed by atoms with van der Waals surface area (Å²) < 4.78 is 32.9. The molecule has 0 spiro atoms. The van der Waals surface area contributed by atoms with E-state index in [2.05, 4.69) is 4.72 Å². The number of sulfonamides is 1. The second-order valence-corrected chi connectivity index (χ2v) is 8.67. The molecule has 2 rings (SSSR count). The lowest BCUT2D eigenvalue weighted by Crippen LogP contribution is -2.52. The van der Waals surface area contributed by atoms with Gasteiger partial charge in [-0.15, -0.1) is 0 Å². The number of carbonyl (C=O) groups excluding carboxylic acids is 1. The first-order chi connectivity index (χ1) is 11.9. The number of ether oxygens (including phenoxy) is 1. The molecule has 0 radical (unpaired) electrons. The summed E-state index contributed by atoms with van der Waals surface area (Å²) in [5.74, 6) is 0.0363. The molecule has 7 heteroatoms. The second kappa shape index (κ2) is 9.31. The van der Waals surface area contributed by atoms with Crippen LogP contribution in [0.15, 0.2) is 30.3 Å². The average molecular weight is 368 g/mol. The van der Waals surface area contributed by atoms with Crippen molar-refractivity contribution < 1.29 is 17.9 Å². The van der Waals surface area contributed by atoms with Gasteiger partial charge >= 0.3 is 0 Å². The molecule has 1 saturated heterocycles. The molecule has 1 aromatic carbocycles. The number of carbonyl (C=O) groups is 1. The number of aryl methyl sites for hydroxylation is 1. The van der Waals surface area contributed by atoms with Crippen LogP contribution >= 0.6 is 0 Å². The summed E-state index contributed by atoms with van der Waals surface area (Å²) in [5.41, 5.74) is 0.966. The van der Waals surface area contributed by atoms with Gasteiger partial charge in [0.15, 0.2) is 0 Å². The van der Waals surface area contributed by atoms with Crippen LogP contribution in [0.3, 0.4) is 0 Å². The van der Waals surface area contributed by atoms with Crippen molar-refractivity contribution in [1.29, 1.82) is 0 Å². The number of amides is 1. The molecule has 0 aromatic heterocycles. The van der Waals surface area contributed by atoms with Gasteiger partial charge in [0.05, 0.1) is 19.0 Å². The monoisotopic (exact) mass is 368 g/mol. The standard InChI is InChI=1S/C18H28N2O4S/c1-15(2)14-17(18(21)20-9-11-24-12-10-20)19-25(22,23)13-8-16-6-4-3-5-7-16/h3-7,15,17,19H,8-14H2,1-2H3/t17-/m1/s1. The van der Waals surface area contributed by atoms with E-state index in [0.29, 0.717) is 39.1 Å². The molecule has 1 heterocycles. The first-order valence-electron chi connectivity index (χ1n) is 8.78. The lowest BCUT2D eigenvalue weighted by atomic mass is 10.0. The van der Waals surface area contributed by atoms with E-state index in [1.54, 1.807) is 4.90 Å². The Kier molecular flexibility index (Phi) is 7.40. The van der Waals surface area contributed by atoms with E-state index in [9.17, 15) is 13.2 Å². The third kappa shape index (κ3) is 6.76. The van der Waals surface area contributed by atoms with E-state index in [0.717, 1.165) is 5.56 Å². The molecule has 1 fully saturated rings. The molecule has 1 amide bonds. The van der Waals surface area contributed by atoms with E-state index in [4.69, 9.17) is 4.74 Å². The molecule has 0 unspecified atom stereocenters. The highest BCUT2D eigenvalue weighted by molar-refractivity contribution is 7.89. The smallest absolute Gasteiger partial charge is 0.240 e. The van der Waals surface area contributed by atoms with E-state index >= 15 is 0 Å². The van der Waals surface area contributed by atoms with E-state index in [-0.39, 0.29) is 17.6 Å². The highest BCUT2D eigenvalue weighted by Gasteiger charge is 2.29. The van der Waals surface area contributed by atoms with Crippen LogP contribution in [-0.2, 0) is 26.0 Å². The van der Waals surface area contributed by atoms with Gasteiger partial charge in [0.1, 0.15) is 6.04 Å². The fraction of sp³-hybridized carbons (Fsp3) is 0.611. The van der Waals surface area contributed by atoms with Crippen LogP contribution in [0.4, 0.5) is 0 Å². The van der Waals surface area contributed by atoms with Crippen molar-refractivity contribution in [3.05, 3.63) is 35.9 Å². The van der Waals surface area contributed by atoms with Gasteiger partial charge in [0.25, 0.3) is 0 Å². The Morgan fingerprint density at radius 1 is 1.20 bits per heavy atom. The topological polar surface area (TPSA) is 75.7 Å². The predicted molar refractivity (Wildman–Crippen MR) is 97.7 cm³/mol. The summed E-state index contributed by atoms with van der Waals surface area (Å²) >= 11 is 0. The van der Waals surface area contributed by atoms with Gasteiger partial charge in [-0.25, -0.2) is 13.1 Å². The Morgan fingerprint density at radius 3 is 2.44 bits per heavy atom. The quantitative estimate of drug-likeness (QED) is 0.753. The number of rotatable bonds is 8. The minimum atomic E-state index is -3.54. The molecule has 0 saturated carbocycles. The highest BCUT2D eigenvalue weighted by Crippen LogP contribution is 2.11. The molecule has 1 aliphatic heterocycles. The van der Waals surface area contributed by atoms with Crippen molar-refractivity contribution in [3.8, 4) is 0 Å². The maximum Gasteiger partial charge on any atom is 0.240 e. The maximum atomic E-state index is 12.7. The summed E-state index contributed by atoms with van der Waals surface area (Å²) in [6.07, 6.45) is 0.914. The Morgan fingerprint density at radius 2 is 1.84 bits per heavy atom. The summed E-state index contributed by atoms with van der Waals surface area (Å²) in [6, 6.07) is 8.77. The zero-order chi connectivity index (χ0) is 18.3. The Labute approximate surface area is 150 Å².